The number of fused-ring (bicyclic) bond motifs is 2. The number of amides is 1. The summed E-state index contributed by atoms with van der Waals surface area (Å²) in [5.41, 5.74) is 3.79. The van der Waals surface area contributed by atoms with Crippen LogP contribution >= 0.6 is 11.3 Å². The van der Waals surface area contributed by atoms with Gasteiger partial charge in [-0.15, -0.1) is 11.3 Å². The highest BCUT2D eigenvalue weighted by molar-refractivity contribution is 7.14. The Morgan fingerprint density at radius 2 is 1.69 bits per heavy atom. The number of hydrogen-bond acceptors (Lipinski definition) is 7. The van der Waals surface area contributed by atoms with E-state index in [9.17, 15) is 9.59 Å². The SMILES string of the molecule is CCC(OC(=O)c1ccccc1-c1nc2ccccc2o1)C(=O)Nc1nc(-c2ccc3ccccc3c2)cs1. The Morgan fingerprint density at radius 1 is 0.923 bits per heavy atom. The topological polar surface area (TPSA) is 94.3 Å². The van der Waals surface area contributed by atoms with E-state index in [0.29, 0.717) is 34.1 Å². The molecular formula is C31H23N3O4S. The molecule has 8 heteroatoms. The molecule has 1 unspecified atom stereocenters. The summed E-state index contributed by atoms with van der Waals surface area (Å²) >= 11 is 1.32. The zero-order chi connectivity index (χ0) is 26.8. The monoisotopic (exact) mass is 533 g/mol. The maximum Gasteiger partial charge on any atom is 0.339 e. The molecule has 39 heavy (non-hydrogen) atoms. The second-order valence-electron chi connectivity index (χ2n) is 8.92. The van der Waals surface area contributed by atoms with Crippen LogP contribution in [0.1, 0.15) is 23.7 Å². The fourth-order valence-electron chi connectivity index (χ4n) is 4.35. The molecule has 0 spiro atoms. The minimum atomic E-state index is -0.998. The minimum Gasteiger partial charge on any atom is -0.449 e. The lowest BCUT2D eigenvalue weighted by Crippen LogP contribution is -2.32. The van der Waals surface area contributed by atoms with Gasteiger partial charge in [0.1, 0.15) is 5.52 Å². The number of benzene rings is 4. The van der Waals surface area contributed by atoms with E-state index < -0.39 is 18.0 Å². The van der Waals surface area contributed by atoms with Gasteiger partial charge in [0, 0.05) is 10.9 Å². The summed E-state index contributed by atoms with van der Waals surface area (Å²) in [6.45, 7) is 1.78. The van der Waals surface area contributed by atoms with Gasteiger partial charge in [0.25, 0.3) is 5.91 Å². The average molecular weight is 534 g/mol. The fraction of sp³-hybridized carbons (Fsp3) is 0.0968. The first kappa shape index (κ1) is 24.5. The molecule has 1 amide bonds. The summed E-state index contributed by atoms with van der Waals surface area (Å²) in [7, 11) is 0. The highest BCUT2D eigenvalue weighted by Gasteiger charge is 2.25. The van der Waals surface area contributed by atoms with Gasteiger partial charge in [-0.1, -0.05) is 67.6 Å². The van der Waals surface area contributed by atoms with Crippen molar-refractivity contribution in [1.29, 1.82) is 0 Å². The summed E-state index contributed by atoms with van der Waals surface area (Å²) in [5, 5.41) is 7.39. The summed E-state index contributed by atoms with van der Waals surface area (Å²) in [6.07, 6.45) is -0.701. The van der Waals surface area contributed by atoms with Crippen molar-refractivity contribution in [2.45, 2.75) is 19.4 Å². The van der Waals surface area contributed by atoms with Gasteiger partial charge < -0.3 is 9.15 Å². The van der Waals surface area contributed by atoms with Crippen LogP contribution in [0.3, 0.4) is 0 Å². The molecule has 2 aromatic heterocycles. The number of oxazole rings is 1. The molecule has 0 aliphatic rings. The van der Waals surface area contributed by atoms with Crippen LogP contribution in [0, 0.1) is 0 Å². The van der Waals surface area contributed by atoms with Gasteiger partial charge >= 0.3 is 5.97 Å². The predicted molar refractivity (Wildman–Crippen MR) is 153 cm³/mol. The molecule has 0 radical (unpaired) electrons. The summed E-state index contributed by atoms with van der Waals surface area (Å²) in [6, 6.07) is 28.5. The van der Waals surface area contributed by atoms with Gasteiger partial charge in [-0.3, -0.25) is 10.1 Å². The molecule has 0 saturated heterocycles. The third kappa shape index (κ3) is 5.02. The first-order valence-corrected chi connectivity index (χ1v) is 13.4. The molecule has 2 heterocycles. The molecule has 0 bridgehead atoms. The van der Waals surface area contributed by atoms with E-state index in [1.54, 1.807) is 31.2 Å². The van der Waals surface area contributed by atoms with Gasteiger partial charge in [-0.25, -0.2) is 14.8 Å². The van der Waals surface area contributed by atoms with E-state index in [0.717, 1.165) is 22.0 Å². The smallest absolute Gasteiger partial charge is 0.339 e. The molecule has 6 rings (SSSR count). The fourth-order valence-corrected chi connectivity index (χ4v) is 5.07. The van der Waals surface area contributed by atoms with Crippen LogP contribution in [-0.2, 0) is 9.53 Å². The Hall–Kier alpha value is -4.82. The van der Waals surface area contributed by atoms with Crippen LogP contribution in [0.2, 0.25) is 0 Å². The van der Waals surface area contributed by atoms with Crippen molar-refractivity contribution < 1.29 is 18.7 Å². The second kappa shape index (κ2) is 10.5. The molecule has 0 aliphatic heterocycles. The predicted octanol–water partition coefficient (Wildman–Crippen LogP) is 7.35. The van der Waals surface area contributed by atoms with Gasteiger partial charge in [-0.05, 0) is 47.5 Å². The van der Waals surface area contributed by atoms with Crippen molar-refractivity contribution in [3.05, 3.63) is 102 Å². The van der Waals surface area contributed by atoms with Crippen LogP contribution in [-0.4, -0.2) is 27.9 Å². The number of rotatable bonds is 7. The highest BCUT2D eigenvalue weighted by Crippen LogP contribution is 2.29. The van der Waals surface area contributed by atoms with Gasteiger partial charge in [0.15, 0.2) is 16.8 Å². The maximum atomic E-state index is 13.2. The first-order valence-electron chi connectivity index (χ1n) is 12.5. The third-order valence-corrected chi connectivity index (χ3v) is 7.12. The number of nitrogens with zero attached hydrogens (tertiary/aromatic N) is 2. The molecule has 0 aliphatic carbocycles. The van der Waals surface area contributed by atoms with Crippen LogP contribution in [0.4, 0.5) is 5.13 Å². The van der Waals surface area contributed by atoms with Crippen molar-refractivity contribution in [1.82, 2.24) is 9.97 Å². The highest BCUT2D eigenvalue weighted by atomic mass is 32.1. The molecular weight excluding hydrogens is 510 g/mol. The Bertz CT molecular complexity index is 1790. The number of anilines is 1. The lowest BCUT2D eigenvalue weighted by molar-refractivity contribution is -0.124. The molecule has 1 N–H and O–H groups in total. The average Bonchev–Trinajstić information content (AvgIpc) is 3.63. The largest absolute Gasteiger partial charge is 0.449 e. The number of nitrogens with one attached hydrogen (secondary N) is 1. The van der Waals surface area contributed by atoms with Crippen LogP contribution in [0.5, 0.6) is 0 Å². The zero-order valence-electron chi connectivity index (χ0n) is 21.0. The molecule has 0 fully saturated rings. The maximum absolute atomic E-state index is 13.2. The number of esters is 1. The van der Waals surface area contributed by atoms with Gasteiger partial charge in [0.05, 0.1) is 16.8 Å². The van der Waals surface area contributed by atoms with Crippen molar-refractivity contribution in [2.24, 2.45) is 0 Å². The minimum absolute atomic E-state index is 0.267. The Morgan fingerprint density at radius 3 is 2.54 bits per heavy atom. The number of aromatic nitrogens is 2. The normalized spacial score (nSPS) is 11.9. The van der Waals surface area contributed by atoms with Crippen molar-refractivity contribution in [2.75, 3.05) is 5.32 Å². The Balaban J connectivity index is 1.17. The van der Waals surface area contributed by atoms with Crippen LogP contribution in [0.25, 0.3) is 44.6 Å². The quantitative estimate of drug-likeness (QED) is 0.216. The number of hydrogen-bond donors (Lipinski definition) is 1. The Kier molecular flexibility index (Phi) is 6.61. The van der Waals surface area contributed by atoms with Crippen molar-refractivity contribution in [3.8, 4) is 22.7 Å². The number of carbonyl (C=O) groups is 2. The number of carbonyl (C=O) groups excluding carboxylic acids is 2. The zero-order valence-corrected chi connectivity index (χ0v) is 21.8. The lowest BCUT2D eigenvalue weighted by Gasteiger charge is -2.16. The molecule has 1 atom stereocenters. The van der Waals surface area contributed by atoms with Crippen LogP contribution < -0.4 is 5.32 Å². The van der Waals surface area contributed by atoms with E-state index >= 15 is 0 Å². The van der Waals surface area contributed by atoms with E-state index in [1.165, 1.54) is 11.3 Å². The Labute approximate surface area is 228 Å². The van der Waals surface area contributed by atoms with Crippen LogP contribution in [0.15, 0.2) is 101 Å². The molecule has 7 nitrogen and oxygen atoms in total. The number of thiazole rings is 1. The second-order valence-corrected chi connectivity index (χ2v) is 9.78. The molecule has 4 aromatic carbocycles. The number of para-hydroxylation sites is 2. The standard InChI is InChI=1S/C31H23N3O4S/c1-2-26(28(35)34-31-33-25(18-39-31)21-16-15-19-9-3-4-10-20(19)17-21)38-30(36)23-12-6-5-11-22(23)29-32-24-13-7-8-14-27(24)37-29/h3-18,26H,2H2,1H3,(H,33,34,35). The van der Waals surface area contributed by atoms with Gasteiger partial charge in [-0.2, -0.15) is 0 Å². The lowest BCUT2D eigenvalue weighted by atomic mass is 10.1. The van der Waals surface area contributed by atoms with Crippen molar-refractivity contribution >= 4 is 50.2 Å². The number of ether oxygens (including phenoxy) is 1. The van der Waals surface area contributed by atoms with Crippen molar-refractivity contribution in [3.63, 3.8) is 0 Å². The summed E-state index contributed by atoms with van der Waals surface area (Å²) < 4.78 is 11.5. The third-order valence-electron chi connectivity index (χ3n) is 6.36. The molecule has 6 aromatic rings. The van der Waals surface area contributed by atoms with Gasteiger partial charge in [0.2, 0.25) is 5.89 Å². The molecule has 0 saturated carbocycles. The van der Waals surface area contributed by atoms with E-state index in [1.807, 2.05) is 53.9 Å². The van der Waals surface area contributed by atoms with E-state index in [-0.39, 0.29) is 5.56 Å². The van der Waals surface area contributed by atoms with E-state index in [4.69, 9.17) is 9.15 Å². The van der Waals surface area contributed by atoms with E-state index in [2.05, 4.69) is 33.5 Å². The first-order chi connectivity index (χ1) is 19.1. The molecule has 192 valence electrons. The summed E-state index contributed by atoms with van der Waals surface area (Å²) in [5.74, 6) is -0.763. The summed E-state index contributed by atoms with van der Waals surface area (Å²) in [4.78, 5) is 35.3.